The van der Waals surface area contributed by atoms with Gasteiger partial charge in [0.25, 0.3) is 0 Å². The van der Waals surface area contributed by atoms with Crippen molar-refractivity contribution >= 4 is 0 Å². The number of benzene rings is 1. The average Bonchev–Trinajstić information content (AvgIpc) is 3.33. The monoisotopic (exact) mass is 529 g/mol. The third-order valence-electron chi connectivity index (χ3n) is 7.13. The lowest BCUT2D eigenvalue weighted by Crippen LogP contribution is -2.26. The minimum atomic E-state index is 0.000369. The molecule has 0 radical (unpaired) electrons. The van der Waals surface area contributed by atoms with Crippen molar-refractivity contribution in [1.29, 1.82) is 0 Å². The van der Waals surface area contributed by atoms with Crippen molar-refractivity contribution in [2.24, 2.45) is 7.05 Å². The molecule has 0 aliphatic heterocycles. The summed E-state index contributed by atoms with van der Waals surface area (Å²) in [6.07, 6.45) is 25.6. The lowest BCUT2D eigenvalue weighted by Gasteiger charge is -2.17. The normalized spacial score (nSPS) is 12.3. The molecule has 0 aliphatic rings. The van der Waals surface area contributed by atoms with Crippen LogP contribution in [0.25, 0.3) is 0 Å². The van der Waals surface area contributed by atoms with Crippen LogP contribution < -0.4 is 4.57 Å². The van der Waals surface area contributed by atoms with Gasteiger partial charge in [0.2, 0.25) is 6.33 Å². The van der Waals surface area contributed by atoms with Crippen LogP contribution in [0.15, 0.2) is 43.0 Å². The van der Waals surface area contributed by atoms with Crippen molar-refractivity contribution in [3.8, 4) is 0 Å². The fraction of sp³-hybridized carbons (Fsp3) is 0.727. The predicted molar refractivity (Wildman–Crippen MR) is 157 cm³/mol. The zero-order chi connectivity index (χ0) is 27.1. The Balaban J connectivity index is 1.43. The number of nitrogens with zero attached hydrogens (tertiary/aromatic N) is 2. The Morgan fingerprint density at radius 1 is 0.711 bits per heavy atom. The van der Waals surface area contributed by atoms with Gasteiger partial charge in [0, 0.05) is 13.2 Å². The van der Waals surface area contributed by atoms with Gasteiger partial charge in [0.05, 0.1) is 26.9 Å². The van der Waals surface area contributed by atoms with Gasteiger partial charge in [-0.2, -0.15) is 0 Å². The molecule has 0 saturated carbocycles. The van der Waals surface area contributed by atoms with Crippen LogP contribution in [0, 0.1) is 0 Å². The summed E-state index contributed by atoms with van der Waals surface area (Å²) < 4.78 is 22.0. The molecule has 5 heteroatoms. The van der Waals surface area contributed by atoms with E-state index in [-0.39, 0.29) is 6.10 Å². The van der Waals surface area contributed by atoms with Crippen molar-refractivity contribution in [3.63, 3.8) is 0 Å². The van der Waals surface area contributed by atoms with E-state index in [4.69, 9.17) is 14.2 Å². The highest BCUT2D eigenvalue weighted by Gasteiger charge is 2.10. The number of aryl methyl sites for hydroxylation is 1. The van der Waals surface area contributed by atoms with E-state index in [1.165, 1.54) is 94.6 Å². The van der Waals surface area contributed by atoms with Gasteiger partial charge in [0.15, 0.2) is 0 Å². The number of imidazole rings is 1. The highest BCUT2D eigenvalue weighted by atomic mass is 16.6. The predicted octanol–water partition coefficient (Wildman–Crippen LogP) is 7.78. The molecule has 0 fully saturated rings. The quantitative estimate of drug-likeness (QED) is 0.0973. The fourth-order valence-corrected chi connectivity index (χ4v) is 4.85. The largest absolute Gasteiger partial charge is 0.379 e. The molecule has 0 bridgehead atoms. The molecule has 216 valence electrons. The summed E-state index contributed by atoms with van der Waals surface area (Å²) in [4.78, 5) is 0. The SMILES string of the molecule is CCCCCCCCCCCCCCCCOCC(COCc1ccc(Cn2cc[n+](C)c2)cc1)OCC. The summed E-state index contributed by atoms with van der Waals surface area (Å²) in [5.41, 5.74) is 2.47. The van der Waals surface area contributed by atoms with Gasteiger partial charge in [-0.3, -0.25) is 0 Å². The third kappa shape index (κ3) is 16.3. The van der Waals surface area contributed by atoms with Gasteiger partial charge < -0.3 is 14.2 Å². The van der Waals surface area contributed by atoms with Crippen LogP contribution in [-0.2, 0) is 34.4 Å². The maximum absolute atomic E-state index is 5.96. The molecule has 1 atom stereocenters. The van der Waals surface area contributed by atoms with Gasteiger partial charge in [-0.1, -0.05) is 115 Å². The molecule has 2 rings (SSSR count). The Labute approximate surface area is 233 Å². The van der Waals surface area contributed by atoms with Gasteiger partial charge >= 0.3 is 0 Å². The standard InChI is InChI=1S/C33H57N2O3/c1-4-6-7-8-9-10-11-12-13-14-15-16-17-18-25-36-28-33(38-5-2)29-37-27-32-21-19-31(20-22-32)26-35-24-23-34(3)30-35/h19-24,30,33H,4-18,25-29H2,1-3H3/q+1. The third-order valence-corrected chi connectivity index (χ3v) is 7.13. The summed E-state index contributed by atoms with van der Waals surface area (Å²) in [6.45, 7) is 8.48. The van der Waals surface area contributed by atoms with Crippen molar-refractivity contribution in [2.45, 2.75) is 123 Å². The van der Waals surface area contributed by atoms with E-state index < -0.39 is 0 Å². The maximum atomic E-state index is 5.96. The van der Waals surface area contributed by atoms with E-state index in [1.54, 1.807) is 0 Å². The number of hydrogen-bond donors (Lipinski definition) is 0. The first-order chi connectivity index (χ1) is 18.7. The van der Waals surface area contributed by atoms with Gasteiger partial charge in [-0.25, -0.2) is 9.13 Å². The first-order valence-electron chi connectivity index (χ1n) is 15.6. The molecule has 2 aromatic rings. The molecular formula is C33H57N2O3+. The van der Waals surface area contributed by atoms with Crippen LogP contribution >= 0.6 is 0 Å². The van der Waals surface area contributed by atoms with Crippen LogP contribution in [0.4, 0.5) is 0 Å². The molecule has 0 N–H and O–H groups in total. The van der Waals surface area contributed by atoms with Crippen molar-refractivity contribution in [2.75, 3.05) is 26.4 Å². The minimum Gasteiger partial charge on any atom is -0.379 e. The van der Waals surface area contributed by atoms with Gasteiger partial charge in [0.1, 0.15) is 25.0 Å². The van der Waals surface area contributed by atoms with E-state index in [0.29, 0.717) is 26.4 Å². The summed E-state index contributed by atoms with van der Waals surface area (Å²) in [6, 6.07) is 8.66. The van der Waals surface area contributed by atoms with Crippen LogP contribution in [0.3, 0.4) is 0 Å². The Hall–Kier alpha value is -1.69. The second kappa shape index (κ2) is 22.2. The highest BCUT2D eigenvalue weighted by Crippen LogP contribution is 2.13. The van der Waals surface area contributed by atoms with Crippen LogP contribution in [0.1, 0.15) is 115 Å². The van der Waals surface area contributed by atoms with Crippen molar-refractivity contribution in [3.05, 3.63) is 54.1 Å². The molecule has 38 heavy (non-hydrogen) atoms. The van der Waals surface area contributed by atoms with Crippen LogP contribution in [-0.4, -0.2) is 37.1 Å². The van der Waals surface area contributed by atoms with Crippen LogP contribution in [0.5, 0.6) is 0 Å². The van der Waals surface area contributed by atoms with E-state index in [2.05, 4.69) is 59.0 Å². The Bertz CT molecular complexity index is 790. The lowest BCUT2D eigenvalue weighted by molar-refractivity contribution is -0.671. The number of rotatable bonds is 25. The Morgan fingerprint density at radius 2 is 1.26 bits per heavy atom. The lowest BCUT2D eigenvalue weighted by atomic mass is 10.0. The molecule has 5 nitrogen and oxygen atoms in total. The molecule has 0 saturated heterocycles. The molecule has 1 unspecified atom stereocenters. The first kappa shape index (κ1) is 32.5. The Kier molecular flexibility index (Phi) is 19.0. The van der Waals surface area contributed by atoms with Gasteiger partial charge in [-0.05, 0) is 24.5 Å². The molecule has 1 aromatic heterocycles. The topological polar surface area (TPSA) is 36.5 Å². The highest BCUT2D eigenvalue weighted by molar-refractivity contribution is 5.22. The zero-order valence-electron chi connectivity index (χ0n) is 24.9. The summed E-state index contributed by atoms with van der Waals surface area (Å²) in [5.74, 6) is 0. The molecule has 0 amide bonds. The number of ether oxygens (including phenoxy) is 3. The average molecular weight is 530 g/mol. The maximum Gasteiger partial charge on any atom is 0.243 e. The molecule has 1 heterocycles. The Morgan fingerprint density at radius 3 is 1.82 bits per heavy atom. The minimum absolute atomic E-state index is 0.000369. The van der Waals surface area contributed by atoms with Crippen molar-refractivity contribution in [1.82, 2.24) is 4.57 Å². The number of hydrogen-bond acceptors (Lipinski definition) is 3. The fourth-order valence-electron chi connectivity index (χ4n) is 4.85. The number of aromatic nitrogens is 2. The van der Waals surface area contributed by atoms with E-state index in [9.17, 15) is 0 Å². The first-order valence-corrected chi connectivity index (χ1v) is 15.6. The molecule has 0 spiro atoms. The summed E-state index contributed by atoms with van der Waals surface area (Å²) in [7, 11) is 2.04. The number of unbranched alkanes of at least 4 members (excludes halogenated alkanes) is 13. The van der Waals surface area contributed by atoms with Gasteiger partial charge in [-0.15, -0.1) is 0 Å². The van der Waals surface area contributed by atoms with E-state index in [0.717, 1.165) is 19.6 Å². The summed E-state index contributed by atoms with van der Waals surface area (Å²) >= 11 is 0. The van der Waals surface area contributed by atoms with E-state index in [1.807, 2.05) is 14.0 Å². The zero-order valence-corrected chi connectivity index (χ0v) is 24.9. The molecule has 0 aliphatic carbocycles. The second-order valence-electron chi connectivity index (χ2n) is 10.8. The molecular weight excluding hydrogens is 472 g/mol. The smallest absolute Gasteiger partial charge is 0.243 e. The molecule has 1 aromatic carbocycles. The van der Waals surface area contributed by atoms with E-state index >= 15 is 0 Å². The van der Waals surface area contributed by atoms with Crippen LogP contribution in [0.2, 0.25) is 0 Å². The summed E-state index contributed by atoms with van der Waals surface area (Å²) in [5, 5.41) is 0. The second-order valence-corrected chi connectivity index (χ2v) is 10.8. The van der Waals surface area contributed by atoms with Crippen molar-refractivity contribution < 1.29 is 18.8 Å².